The van der Waals surface area contributed by atoms with E-state index >= 15 is 0 Å². The number of hydrogen-bond acceptors (Lipinski definition) is 1. The molecule has 1 aromatic rings. The Labute approximate surface area is 86.6 Å². The predicted molar refractivity (Wildman–Crippen MR) is 59.7 cm³/mol. The lowest BCUT2D eigenvalue weighted by Crippen LogP contribution is -2.03. The number of fused-ring (bicyclic) bond motifs is 1. The fraction of sp³-hybridized carbons (Fsp3) is 0.615. The highest BCUT2D eigenvalue weighted by molar-refractivity contribution is 5.34. The van der Waals surface area contributed by atoms with Crippen LogP contribution in [0.2, 0.25) is 0 Å². The lowest BCUT2D eigenvalue weighted by molar-refractivity contribution is 0.785. The maximum absolute atomic E-state index is 4.82. The fourth-order valence-corrected chi connectivity index (χ4v) is 2.32. The summed E-state index contributed by atoms with van der Waals surface area (Å²) < 4.78 is 0. The summed E-state index contributed by atoms with van der Waals surface area (Å²) in [6.45, 7) is 6.70. The van der Waals surface area contributed by atoms with E-state index in [1.54, 1.807) is 0 Å². The van der Waals surface area contributed by atoms with Crippen molar-refractivity contribution in [2.24, 2.45) is 0 Å². The van der Waals surface area contributed by atoms with Crippen molar-refractivity contribution in [2.75, 3.05) is 0 Å². The Morgan fingerprint density at radius 3 is 2.79 bits per heavy atom. The van der Waals surface area contributed by atoms with Gasteiger partial charge in [-0.05, 0) is 42.7 Å². The van der Waals surface area contributed by atoms with Crippen LogP contribution in [0.4, 0.5) is 0 Å². The fourth-order valence-electron chi connectivity index (χ4n) is 2.32. The molecule has 0 fully saturated rings. The van der Waals surface area contributed by atoms with Crippen molar-refractivity contribution in [1.29, 1.82) is 0 Å². The van der Waals surface area contributed by atoms with E-state index in [4.69, 9.17) is 4.98 Å². The number of hydrogen-bond donors (Lipinski definition) is 0. The molecule has 0 bridgehead atoms. The molecule has 0 unspecified atom stereocenters. The molecule has 0 amide bonds. The Kier molecular flexibility index (Phi) is 2.58. The zero-order valence-corrected chi connectivity index (χ0v) is 9.43. The van der Waals surface area contributed by atoms with E-state index in [1.807, 2.05) is 0 Å². The molecule has 1 heteroatoms. The Balaban J connectivity index is 2.49. The van der Waals surface area contributed by atoms with Crippen LogP contribution in [0.1, 0.15) is 55.6 Å². The van der Waals surface area contributed by atoms with Crippen molar-refractivity contribution in [1.82, 2.24) is 4.98 Å². The highest BCUT2D eigenvalue weighted by Gasteiger charge is 2.16. The molecule has 0 spiro atoms. The third kappa shape index (κ3) is 1.56. The molecule has 1 aromatic heterocycles. The second-order valence-corrected chi connectivity index (χ2v) is 4.50. The van der Waals surface area contributed by atoms with Gasteiger partial charge in [0.2, 0.25) is 0 Å². The first-order valence-corrected chi connectivity index (χ1v) is 5.74. The van der Waals surface area contributed by atoms with Crippen LogP contribution in [0.3, 0.4) is 0 Å². The molecule has 0 aliphatic heterocycles. The average molecular weight is 189 g/mol. The van der Waals surface area contributed by atoms with E-state index in [0.29, 0.717) is 5.92 Å². The third-order valence-corrected chi connectivity index (χ3v) is 3.09. The van der Waals surface area contributed by atoms with Crippen LogP contribution in [0.25, 0.3) is 0 Å². The van der Waals surface area contributed by atoms with Gasteiger partial charge in [-0.1, -0.05) is 26.8 Å². The molecule has 2 rings (SSSR count). The normalized spacial score (nSPS) is 14.9. The Hall–Kier alpha value is -0.850. The van der Waals surface area contributed by atoms with E-state index < -0.39 is 0 Å². The highest BCUT2D eigenvalue weighted by atomic mass is 14.7. The maximum atomic E-state index is 4.82. The number of nitrogens with zero attached hydrogens (tertiary/aromatic N) is 1. The van der Waals surface area contributed by atoms with Crippen LogP contribution in [0.15, 0.2) is 6.07 Å². The minimum Gasteiger partial charge on any atom is -0.257 e. The van der Waals surface area contributed by atoms with Gasteiger partial charge in [0.1, 0.15) is 0 Å². The third-order valence-electron chi connectivity index (χ3n) is 3.09. The average Bonchev–Trinajstić information content (AvgIpc) is 2.62. The molecule has 0 radical (unpaired) electrons. The minimum absolute atomic E-state index is 0.566. The lowest BCUT2D eigenvalue weighted by Gasteiger charge is -2.12. The van der Waals surface area contributed by atoms with Gasteiger partial charge in [-0.2, -0.15) is 0 Å². The van der Waals surface area contributed by atoms with Crippen molar-refractivity contribution in [3.63, 3.8) is 0 Å². The van der Waals surface area contributed by atoms with Crippen LogP contribution < -0.4 is 0 Å². The van der Waals surface area contributed by atoms with Crippen LogP contribution in [-0.2, 0) is 19.3 Å². The largest absolute Gasteiger partial charge is 0.257 e. The summed E-state index contributed by atoms with van der Waals surface area (Å²) in [6, 6.07) is 2.39. The number of pyridine rings is 1. The van der Waals surface area contributed by atoms with Crippen molar-refractivity contribution < 1.29 is 0 Å². The standard InChI is InChI=1S/C13H19N/c1-4-10-8-11-6-5-7-12(11)14-13(10)9(2)3/h8-9H,4-7H2,1-3H3. The first-order chi connectivity index (χ1) is 6.72. The molecule has 1 aliphatic carbocycles. The van der Waals surface area contributed by atoms with Crippen LogP contribution in [0.5, 0.6) is 0 Å². The smallest absolute Gasteiger partial charge is 0.0464 e. The lowest BCUT2D eigenvalue weighted by atomic mass is 9.99. The zero-order chi connectivity index (χ0) is 10.1. The first-order valence-electron chi connectivity index (χ1n) is 5.74. The van der Waals surface area contributed by atoms with Crippen molar-refractivity contribution in [3.8, 4) is 0 Å². The summed E-state index contributed by atoms with van der Waals surface area (Å²) in [5.41, 5.74) is 5.66. The molecule has 1 heterocycles. The van der Waals surface area contributed by atoms with Crippen molar-refractivity contribution in [2.45, 2.75) is 52.4 Å². The molecule has 0 saturated heterocycles. The molecule has 1 nitrogen and oxygen atoms in total. The molecular formula is C13H19N. The Morgan fingerprint density at radius 2 is 2.14 bits per heavy atom. The summed E-state index contributed by atoms with van der Waals surface area (Å²) in [5, 5.41) is 0. The molecule has 0 N–H and O–H groups in total. The molecule has 0 atom stereocenters. The van der Waals surface area contributed by atoms with E-state index in [1.165, 1.54) is 41.8 Å². The molecule has 0 saturated carbocycles. The van der Waals surface area contributed by atoms with Gasteiger partial charge in [-0.15, -0.1) is 0 Å². The molecule has 1 aliphatic rings. The minimum atomic E-state index is 0.566. The number of rotatable bonds is 2. The molecule has 14 heavy (non-hydrogen) atoms. The van der Waals surface area contributed by atoms with Crippen LogP contribution in [-0.4, -0.2) is 4.98 Å². The molecule has 76 valence electrons. The van der Waals surface area contributed by atoms with Gasteiger partial charge in [0.25, 0.3) is 0 Å². The summed E-state index contributed by atoms with van der Waals surface area (Å²) in [7, 11) is 0. The van der Waals surface area contributed by atoms with E-state index in [0.717, 1.165) is 6.42 Å². The quantitative estimate of drug-likeness (QED) is 0.696. The summed E-state index contributed by atoms with van der Waals surface area (Å²) in [4.78, 5) is 4.82. The SMILES string of the molecule is CCc1cc2c(nc1C(C)C)CCC2. The van der Waals surface area contributed by atoms with Gasteiger partial charge in [0.05, 0.1) is 0 Å². The van der Waals surface area contributed by atoms with E-state index in [2.05, 4.69) is 26.8 Å². The zero-order valence-electron chi connectivity index (χ0n) is 9.43. The Morgan fingerprint density at radius 1 is 1.36 bits per heavy atom. The second kappa shape index (κ2) is 3.72. The molecule has 0 aromatic carbocycles. The van der Waals surface area contributed by atoms with E-state index in [-0.39, 0.29) is 0 Å². The van der Waals surface area contributed by atoms with Gasteiger partial charge < -0.3 is 0 Å². The van der Waals surface area contributed by atoms with Gasteiger partial charge in [-0.25, -0.2) is 0 Å². The summed E-state index contributed by atoms with van der Waals surface area (Å²) in [6.07, 6.45) is 4.85. The first kappa shape index (κ1) is 9.70. The van der Waals surface area contributed by atoms with Crippen molar-refractivity contribution >= 4 is 0 Å². The van der Waals surface area contributed by atoms with Crippen molar-refractivity contribution in [3.05, 3.63) is 28.6 Å². The molecular weight excluding hydrogens is 170 g/mol. The van der Waals surface area contributed by atoms with Crippen LogP contribution >= 0.6 is 0 Å². The van der Waals surface area contributed by atoms with Gasteiger partial charge in [-0.3, -0.25) is 4.98 Å². The Bertz CT molecular complexity index is 339. The highest BCUT2D eigenvalue weighted by Crippen LogP contribution is 2.26. The van der Waals surface area contributed by atoms with Gasteiger partial charge in [0, 0.05) is 11.4 Å². The summed E-state index contributed by atoms with van der Waals surface area (Å²) >= 11 is 0. The predicted octanol–water partition coefficient (Wildman–Crippen LogP) is 3.26. The number of aromatic nitrogens is 1. The topological polar surface area (TPSA) is 12.9 Å². The van der Waals surface area contributed by atoms with E-state index in [9.17, 15) is 0 Å². The van der Waals surface area contributed by atoms with Crippen LogP contribution in [0, 0.1) is 0 Å². The number of aryl methyl sites for hydroxylation is 3. The van der Waals surface area contributed by atoms with Gasteiger partial charge >= 0.3 is 0 Å². The monoisotopic (exact) mass is 189 g/mol. The van der Waals surface area contributed by atoms with Gasteiger partial charge in [0.15, 0.2) is 0 Å². The maximum Gasteiger partial charge on any atom is 0.0464 e. The second-order valence-electron chi connectivity index (χ2n) is 4.50. The summed E-state index contributed by atoms with van der Waals surface area (Å²) in [5.74, 6) is 0.566.